The van der Waals surface area contributed by atoms with Crippen LogP contribution in [0, 0.1) is 15.4 Å². The standard InChI is InChI=1S/C24H30FIN4O3/c1-5-10-30-19-7-6-16(26)13-18(19)24(22(30)32)15(2)21(23(3,4)25)20(33-24)8-11-29-14-17(9-12-31)27-28-29/h5-7,13-15,20-21,31H,1,8-12H2,2-4H3/t15-,20+,21-,24+/m1/s1. The fourth-order valence-corrected chi connectivity index (χ4v) is 6.03. The van der Waals surface area contributed by atoms with Gasteiger partial charge in [-0.3, -0.25) is 9.48 Å². The summed E-state index contributed by atoms with van der Waals surface area (Å²) in [5.41, 5.74) is -0.481. The molecule has 2 aliphatic rings. The van der Waals surface area contributed by atoms with Crippen molar-refractivity contribution in [2.24, 2.45) is 11.8 Å². The lowest BCUT2D eigenvalue weighted by molar-refractivity contribution is -0.146. The second-order valence-electron chi connectivity index (χ2n) is 9.37. The average Bonchev–Trinajstić information content (AvgIpc) is 3.38. The number of alkyl halides is 1. The molecule has 1 amide bonds. The normalized spacial score (nSPS) is 26.9. The van der Waals surface area contributed by atoms with Crippen LogP contribution >= 0.6 is 22.6 Å². The topological polar surface area (TPSA) is 80.5 Å². The number of anilines is 1. The van der Waals surface area contributed by atoms with Gasteiger partial charge >= 0.3 is 0 Å². The van der Waals surface area contributed by atoms with Crippen molar-refractivity contribution in [3.05, 3.63) is 51.9 Å². The number of hydrogen-bond donors (Lipinski definition) is 1. The molecule has 0 radical (unpaired) electrons. The van der Waals surface area contributed by atoms with Gasteiger partial charge in [-0.15, -0.1) is 11.7 Å². The predicted molar refractivity (Wildman–Crippen MR) is 132 cm³/mol. The van der Waals surface area contributed by atoms with Crippen molar-refractivity contribution in [3.8, 4) is 0 Å². The predicted octanol–water partition coefficient (Wildman–Crippen LogP) is 3.63. The number of rotatable bonds is 8. The van der Waals surface area contributed by atoms with Crippen LogP contribution in [-0.2, 0) is 28.1 Å². The molecule has 0 unspecified atom stereocenters. The monoisotopic (exact) mass is 568 g/mol. The van der Waals surface area contributed by atoms with E-state index >= 15 is 4.39 Å². The zero-order chi connectivity index (χ0) is 24.0. The second-order valence-corrected chi connectivity index (χ2v) is 10.6. The summed E-state index contributed by atoms with van der Waals surface area (Å²) in [5.74, 6) is -1.02. The lowest BCUT2D eigenvalue weighted by atomic mass is 9.71. The van der Waals surface area contributed by atoms with Gasteiger partial charge in [0.25, 0.3) is 5.91 Å². The maximum Gasteiger partial charge on any atom is 0.264 e. The van der Waals surface area contributed by atoms with E-state index in [1.807, 2.05) is 25.1 Å². The van der Waals surface area contributed by atoms with E-state index in [2.05, 4.69) is 39.5 Å². The molecule has 0 aliphatic carbocycles. The molecule has 1 spiro atoms. The lowest BCUT2D eigenvalue weighted by Gasteiger charge is -2.32. The Hall–Kier alpha value is -1.85. The van der Waals surface area contributed by atoms with Crippen LogP contribution in [0.15, 0.2) is 37.1 Å². The highest BCUT2D eigenvalue weighted by Gasteiger charge is 2.65. The first-order chi connectivity index (χ1) is 15.6. The Bertz CT molecular complexity index is 1050. The third kappa shape index (κ3) is 4.12. The molecule has 3 heterocycles. The molecule has 2 aliphatic heterocycles. The molecule has 2 aromatic rings. The minimum Gasteiger partial charge on any atom is -0.396 e. The van der Waals surface area contributed by atoms with Crippen molar-refractivity contribution in [1.82, 2.24) is 15.0 Å². The van der Waals surface area contributed by atoms with Crippen LogP contribution in [0.1, 0.15) is 38.4 Å². The molecule has 0 bridgehead atoms. The molecule has 9 heteroatoms. The number of ether oxygens (including phenoxy) is 1. The highest BCUT2D eigenvalue weighted by Crippen LogP contribution is 2.58. The minimum atomic E-state index is -1.55. The first kappa shape index (κ1) is 24.3. The molecule has 4 atom stereocenters. The molecule has 1 aromatic heterocycles. The molecule has 1 fully saturated rings. The minimum absolute atomic E-state index is 0.00408. The van der Waals surface area contributed by atoms with Crippen LogP contribution in [0.5, 0.6) is 0 Å². The average molecular weight is 568 g/mol. The molecular weight excluding hydrogens is 538 g/mol. The third-order valence-corrected chi connectivity index (χ3v) is 7.50. The Morgan fingerprint density at radius 1 is 1.42 bits per heavy atom. The number of aromatic nitrogens is 3. The number of aliphatic hydroxyl groups excluding tert-OH is 1. The molecule has 33 heavy (non-hydrogen) atoms. The maximum absolute atomic E-state index is 15.6. The number of hydrogen-bond acceptors (Lipinski definition) is 5. The zero-order valence-electron chi connectivity index (χ0n) is 19.2. The van der Waals surface area contributed by atoms with Crippen LogP contribution in [0.2, 0.25) is 0 Å². The van der Waals surface area contributed by atoms with Crippen molar-refractivity contribution < 1.29 is 19.0 Å². The van der Waals surface area contributed by atoms with Gasteiger partial charge < -0.3 is 14.7 Å². The molecule has 4 rings (SSSR count). The fourth-order valence-electron chi connectivity index (χ4n) is 5.54. The first-order valence-electron chi connectivity index (χ1n) is 11.2. The van der Waals surface area contributed by atoms with Crippen molar-refractivity contribution in [2.75, 3.05) is 18.1 Å². The number of nitrogens with zero attached hydrogens (tertiary/aromatic N) is 4. The van der Waals surface area contributed by atoms with Gasteiger partial charge in [-0.2, -0.15) is 0 Å². The molecule has 1 aromatic carbocycles. The Kier molecular flexibility index (Phi) is 6.67. The van der Waals surface area contributed by atoms with E-state index in [0.717, 1.165) is 14.8 Å². The second kappa shape index (κ2) is 9.07. The first-order valence-corrected chi connectivity index (χ1v) is 12.3. The van der Waals surface area contributed by atoms with Gasteiger partial charge in [-0.25, -0.2) is 4.39 Å². The van der Waals surface area contributed by atoms with E-state index in [0.29, 0.717) is 31.6 Å². The number of benzene rings is 1. The number of amides is 1. The number of carbonyl (C=O) groups is 1. The van der Waals surface area contributed by atoms with E-state index in [1.54, 1.807) is 35.7 Å². The summed E-state index contributed by atoms with van der Waals surface area (Å²) < 4.78 is 24.9. The van der Waals surface area contributed by atoms with E-state index in [1.165, 1.54) is 0 Å². The van der Waals surface area contributed by atoms with Crippen molar-refractivity contribution in [2.45, 2.75) is 57.5 Å². The van der Waals surface area contributed by atoms with Gasteiger partial charge in [-0.1, -0.05) is 18.2 Å². The van der Waals surface area contributed by atoms with Gasteiger partial charge in [0, 0.05) is 53.3 Å². The van der Waals surface area contributed by atoms with E-state index < -0.39 is 23.3 Å². The van der Waals surface area contributed by atoms with Crippen molar-refractivity contribution in [3.63, 3.8) is 0 Å². The van der Waals surface area contributed by atoms with E-state index in [-0.39, 0.29) is 18.4 Å². The van der Waals surface area contributed by atoms with Gasteiger partial charge in [0.1, 0.15) is 5.67 Å². The molecule has 7 nitrogen and oxygen atoms in total. The van der Waals surface area contributed by atoms with Crippen LogP contribution in [0.25, 0.3) is 0 Å². The number of aliphatic hydroxyl groups is 1. The Morgan fingerprint density at radius 2 is 2.18 bits per heavy atom. The van der Waals surface area contributed by atoms with Gasteiger partial charge in [0.15, 0.2) is 5.60 Å². The number of fused-ring (bicyclic) bond motifs is 2. The summed E-state index contributed by atoms with van der Waals surface area (Å²) in [7, 11) is 0. The maximum atomic E-state index is 15.6. The quantitative estimate of drug-likeness (QED) is 0.389. The number of aryl methyl sites for hydroxylation is 1. The summed E-state index contributed by atoms with van der Waals surface area (Å²) in [6.45, 7) is 9.71. The Balaban J connectivity index is 1.70. The zero-order valence-corrected chi connectivity index (χ0v) is 21.3. The van der Waals surface area contributed by atoms with Crippen LogP contribution in [-0.4, -0.2) is 50.9 Å². The third-order valence-electron chi connectivity index (χ3n) is 6.83. The SMILES string of the molecule is C=CCN1C(=O)[C@@]2(O[C@@H](CCn3cc(CCO)nn3)[C@H](C(C)(C)F)[C@H]2C)c2cc(I)ccc21. The largest absolute Gasteiger partial charge is 0.396 e. The smallest absolute Gasteiger partial charge is 0.264 e. The Labute approximate surface area is 207 Å². The highest BCUT2D eigenvalue weighted by atomic mass is 127. The highest BCUT2D eigenvalue weighted by molar-refractivity contribution is 14.1. The van der Waals surface area contributed by atoms with Crippen LogP contribution in [0.4, 0.5) is 10.1 Å². The fraction of sp³-hybridized carbons (Fsp3) is 0.542. The van der Waals surface area contributed by atoms with Crippen molar-refractivity contribution >= 4 is 34.2 Å². The summed E-state index contributed by atoms with van der Waals surface area (Å²) in [5, 5.41) is 17.3. The van der Waals surface area contributed by atoms with Gasteiger partial charge in [0.2, 0.25) is 0 Å². The lowest BCUT2D eigenvalue weighted by Crippen LogP contribution is -2.45. The van der Waals surface area contributed by atoms with E-state index in [9.17, 15) is 4.79 Å². The molecular formula is C24H30FIN4O3. The summed E-state index contributed by atoms with van der Waals surface area (Å²) in [6, 6.07) is 5.88. The Morgan fingerprint density at radius 3 is 2.85 bits per heavy atom. The van der Waals surface area contributed by atoms with Gasteiger partial charge in [-0.05, 0) is 61.1 Å². The van der Waals surface area contributed by atoms with Crippen molar-refractivity contribution in [1.29, 1.82) is 0 Å². The summed E-state index contributed by atoms with van der Waals surface area (Å²) >= 11 is 2.23. The van der Waals surface area contributed by atoms with Crippen LogP contribution in [0.3, 0.4) is 0 Å². The number of halogens is 2. The summed E-state index contributed by atoms with van der Waals surface area (Å²) in [4.78, 5) is 15.5. The number of carbonyl (C=O) groups excluding carboxylic acids is 1. The molecule has 178 valence electrons. The van der Waals surface area contributed by atoms with Crippen LogP contribution < -0.4 is 4.90 Å². The van der Waals surface area contributed by atoms with Gasteiger partial charge in [0.05, 0.1) is 17.5 Å². The molecule has 1 saturated heterocycles. The molecule has 0 saturated carbocycles. The molecule has 1 N–H and O–H groups in total. The van der Waals surface area contributed by atoms with E-state index in [4.69, 9.17) is 9.84 Å². The summed E-state index contributed by atoms with van der Waals surface area (Å²) in [6.07, 6.45) is 3.91.